The third-order valence-electron chi connectivity index (χ3n) is 3.24. The number of hydrogen-bond donors (Lipinski definition) is 0. The first-order chi connectivity index (χ1) is 8.84. The number of halogens is 1. The first-order valence-electron chi connectivity index (χ1n) is 5.77. The summed E-state index contributed by atoms with van der Waals surface area (Å²) in [7, 11) is 1.61. The Morgan fingerprint density at radius 1 is 1.11 bits per heavy atom. The van der Waals surface area contributed by atoms with Crippen LogP contribution in [0.5, 0.6) is 0 Å². The molecule has 0 unspecified atom stereocenters. The Balaban J connectivity index is 2.36. The van der Waals surface area contributed by atoms with Gasteiger partial charge >= 0.3 is 0 Å². The molecule has 6 heteroatoms. The molecule has 0 spiro atoms. The second-order valence-electron chi connectivity index (χ2n) is 4.47. The van der Waals surface area contributed by atoms with Gasteiger partial charge in [-0.25, -0.2) is 4.98 Å². The van der Waals surface area contributed by atoms with Crippen LogP contribution in [-0.2, 0) is 9.59 Å². The number of amides is 2. The van der Waals surface area contributed by atoms with E-state index in [4.69, 9.17) is 11.6 Å². The molecule has 2 heterocycles. The number of aryl methyl sites for hydroxylation is 1. The molecule has 2 rings (SSSR count). The Morgan fingerprint density at radius 3 is 2.11 bits per heavy atom. The summed E-state index contributed by atoms with van der Waals surface area (Å²) in [5, 5.41) is 2.83. The van der Waals surface area contributed by atoms with Crippen LogP contribution in [0.15, 0.2) is 23.3 Å². The smallest absolute Gasteiger partial charge is 0.267 e. The number of aromatic nitrogens is 1. The highest BCUT2D eigenvalue weighted by atomic mass is 35.5. The molecule has 0 bridgehead atoms. The van der Waals surface area contributed by atoms with Gasteiger partial charge in [-0.3, -0.25) is 14.6 Å². The van der Waals surface area contributed by atoms with Gasteiger partial charge in [-0.2, -0.15) is 5.01 Å². The monoisotopic (exact) mass is 279 g/mol. The van der Waals surface area contributed by atoms with Crippen LogP contribution in [0.4, 0.5) is 5.82 Å². The average Bonchev–Trinajstić information content (AvgIpc) is 2.57. The fourth-order valence-electron chi connectivity index (χ4n) is 1.78. The fraction of sp³-hybridized carbons (Fsp3) is 0.308. The predicted octanol–water partition coefficient (Wildman–Crippen LogP) is 2.10. The van der Waals surface area contributed by atoms with Crippen molar-refractivity contribution >= 4 is 29.2 Å². The van der Waals surface area contributed by atoms with E-state index in [0.717, 1.165) is 10.6 Å². The summed E-state index contributed by atoms with van der Waals surface area (Å²) in [6.45, 7) is 5.11. The Kier molecular flexibility index (Phi) is 3.32. The number of imide groups is 1. The van der Waals surface area contributed by atoms with Crippen molar-refractivity contribution in [1.29, 1.82) is 0 Å². The topological polar surface area (TPSA) is 53.5 Å². The van der Waals surface area contributed by atoms with E-state index in [1.165, 1.54) is 5.01 Å². The van der Waals surface area contributed by atoms with Gasteiger partial charge in [0.15, 0.2) is 0 Å². The Morgan fingerprint density at radius 2 is 1.63 bits per heavy atom. The molecule has 0 saturated carbocycles. The summed E-state index contributed by atoms with van der Waals surface area (Å²) < 4.78 is 0. The third kappa shape index (κ3) is 2.10. The van der Waals surface area contributed by atoms with Crippen LogP contribution in [-0.4, -0.2) is 28.9 Å². The van der Waals surface area contributed by atoms with Gasteiger partial charge in [0.1, 0.15) is 11.0 Å². The molecular formula is C13H14ClN3O2. The lowest BCUT2D eigenvalue weighted by Crippen LogP contribution is -2.45. The van der Waals surface area contributed by atoms with Crippen molar-refractivity contribution < 1.29 is 9.59 Å². The quantitative estimate of drug-likeness (QED) is 0.614. The molecule has 2 amide bonds. The van der Waals surface area contributed by atoms with Crippen LogP contribution >= 0.6 is 11.6 Å². The molecule has 5 nitrogen and oxygen atoms in total. The molecule has 0 aromatic carbocycles. The minimum absolute atomic E-state index is 0.330. The van der Waals surface area contributed by atoms with Crippen LogP contribution in [0.25, 0.3) is 0 Å². The number of pyridine rings is 1. The number of anilines is 1. The van der Waals surface area contributed by atoms with Gasteiger partial charge in [0.25, 0.3) is 11.8 Å². The maximum Gasteiger partial charge on any atom is 0.276 e. The molecule has 0 N–H and O–H groups in total. The van der Waals surface area contributed by atoms with Gasteiger partial charge in [-0.1, -0.05) is 17.7 Å². The second-order valence-corrected chi connectivity index (χ2v) is 4.83. The zero-order valence-electron chi connectivity index (χ0n) is 11.2. The highest BCUT2D eigenvalue weighted by molar-refractivity contribution is 6.30. The van der Waals surface area contributed by atoms with Gasteiger partial charge in [-0.15, -0.1) is 0 Å². The Bertz CT molecular complexity index is 586. The van der Waals surface area contributed by atoms with E-state index in [1.807, 2.05) is 6.92 Å². The number of carbonyl (C=O) groups is 2. The van der Waals surface area contributed by atoms with Crippen LogP contribution in [0, 0.1) is 6.92 Å². The molecule has 0 fully saturated rings. The highest BCUT2D eigenvalue weighted by Gasteiger charge is 2.36. The van der Waals surface area contributed by atoms with E-state index in [2.05, 4.69) is 4.98 Å². The minimum Gasteiger partial charge on any atom is -0.267 e. The zero-order chi connectivity index (χ0) is 14.3. The van der Waals surface area contributed by atoms with E-state index in [1.54, 1.807) is 33.0 Å². The first-order valence-corrected chi connectivity index (χ1v) is 6.15. The van der Waals surface area contributed by atoms with E-state index >= 15 is 0 Å². The predicted molar refractivity (Wildman–Crippen MR) is 72.6 cm³/mol. The molecule has 0 aliphatic carbocycles. The standard InChI is InChI=1S/C13H14ClN3O2/c1-7-5-6-10(15-11(7)14)16(4)17-12(18)8(2)9(3)13(17)19/h5-6H,1-4H3. The summed E-state index contributed by atoms with van der Waals surface area (Å²) in [5.74, 6) is -0.216. The summed E-state index contributed by atoms with van der Waals surface area (Å²) in [4.78, 5) is 28.2. The van der Waals surface area contributed by atoms with Crippen LogP contribution in [0.3, 0.4) is 0 Å². The largest absolute Gasteiger partial charge is 0.276 e. The molecule has 0 radical (unpaired) electrons. The summed E-state index contributed by atoms with van der Waals surface area (Å²) >= 11 is 5.96. The molecule has 19 heavy (non-hydrogen) atoms. The average molecular weight is 280 g/mol. The molecule has 100 valence electrons. The number of hydrazine groups is 1. The van der Waals surface area contributed by atoms with E-state index in [-0.39, 0.29) is 11.8 Å². The maximum atomic E-state index is 12.0. The molecule has 0 atom stereocenters. The third-order valence-corrected chi connectivity index (χ3v) is 3.62. The zero-order valence-corrected chi connectivity index (χ0v) is 11.9. The Labute approximate surface area is 116 Å². The summed E-state index contributed by atoms with van der Waals surface area (Å²) in [5.41, 5.74) is 1.74. The van der Waals surface area contributed by atoms with Gasteiger partial charge in [-0.05, 0) is 32.4 Å². The van der Waals surface area contributed by atoms with Crippen molar-refractivity contribution in [2.24, 2.45) is 0 Å². The molecule has 1 aromatic heterocycles. The number of carbonyl (C=O) groups excluding carboxylic acids is 2. The van der Waals surface area contributed by atoms with Gasteiger partial charge in [0.05, 0.1) is 0 Å². The number of rotatable bonds is 2. The molecule has 1 aromatic rings. The van der Waals surface area contributed by atoms with Gasteiger partial charge in [0, 0.05) is 18.2 Å². The second kappa shape index (κ2) is 4.66. The van der Waals surface area contributed by atoms with Gasteiger partial charge < -0.3 is 0 Å². The fourth-order valence-corrected chi connectivity index (χ4v) is 1.93. The van der Waals surface area contributed by atoms with E-state index in [0.29, 0.717) is 22.1 Å². The number of nitrogens with zero attached hydrogens (tertiary/aromatic N) is 3. The first kappa shape index (κ1) is 13.5. The lowest BCUT2D eigenvalue weighted by Gasteiger charge is -2.27. The minimum atomic E-state index is -0.330. The summed E-state index contributed by atoms with van der Waals surface area (Å²) in [6.07, 6.45) is 0. The number of hydrogen-bond acceptors (Lipinski definition) is 4. The van der Waals surface area contributed by atoms with Crippen molar-refractivity contribution in [3.8, 4) is 0 Å². The Hall–Kier alpha value is -1.88. The maximum absolute atomic E-state index is 12.0. The molecular weight excluding hydrogens is 266 g/mol. The lowest BCUT2D eigenvalue weighted by atomic mass is 10.2. The van der Waals surface area contributed by atoms with E-state index < -0.39 is 0 Å². The molecule has 1 aliphatic rings. The normalized spacial score (nSPS) is 15.5. The highest BCUT2D eigenvalue weighted by Crippen LogP contribution is 2.25. The van der Waals surface area contributed by atoms with Crippen LogP contribution in [0.2, 0.25) is 5.15 Å². The van der Waals surface area contributed by atoms with Crippen molar-refractivity contribution in [2.45, 2.75) is 20.8 Å². The van der Waals surface area contributed by atoms with Crippen molar-refractivity contribution in [2.75, 3.05) is 12.1 Å². The van der Waals surface area contributed by atoms with Crippen molar-refractivity contribution in [3.05, 3.63) is 34.0 Å². The van der Waals surface area contributed by atoms with Gasteiger partial charge in [0.2, 0.25) is 0 Å². The lowest BCUT2D eigenvalue weighted by molar-refractivity contribution is -0.138. The van der Waals surface area contributed by atoms with Crippen molar-refractivity contribution in [3.63, 3.8) is 0 Å². The van der Waals surface area contributed by atoms with Crippen LogP contribution in [0.1, 0.15) is 19.4 Å². The SMILES string of the molecule is CC1=C(C)C(=O)N(N(C)c2ccc(C)c(Cl)n2)C1=O. The summed E-state index contributed by atoms with van der Waals surface area (Å²) in [6, 6.07) is 3.50. The molecule has 0 saturated heterocycles. The van der Waals surface area contributed by atoms with Crippen molar-refractivity contribution in [1.82, 2.24) is 9.99 Å². The van der Waals surface area contributed by atoms with Crippen LogP contribution < -0.4 is 5.01 Å². The molecule has 1 aliphatic heterocycles. The van der Waals surface area contributed by atoms with E-state index in [9.17, 15) is 9.59 Å².